The van der Waals surface area contributed by atoms with Crippen molar-refractivity contribution in [3.63, 3.8) is 0 Å². The molecule has 0 aliphatic rings. The van der Waals surface area contributed by atoms with E-state index in [-0.39, 0.29) is 63.7 Å². The van der Waals surface area contributed by atoms with E-state index in [0.29, 0.717) is 86.1 Å². The zero-order chi connectivity index (χ0) is 32.7. The van der Waals surface area contributed by atoms with Gasteiger partial charge in [-0.3, -0.25) is 39.6 Å². The topological polar surface area (TPSA) is 226 Å². The number of nitrogens with zero attached hydrogens (tertiary/aromatic N) is 3. The van der Waals surface area contributed by atoms with Gasteiger partial charge >= 0.3 is 0 Å². The Hall–Kier alpha value is -2.86. The summed E-state index contributed by atoms with van der Waals surface area (Å²) in [5.74, 6) is -2.22. The van der Waals surface area contributed by atoms with Crippen molar-refractivity contribution < 1.29 is 48.0 Å². The van der Waals surface area contributed by atoms with E-state index < -0.39 is 27.7 Å². The van der Waals surface area contributed by atoms with Crippen LogP contribution in [-0.2, 0) is 34.0 Å². The minimum atomic E-state index is -3.23. The second-order valence-electron chi connectivity index (χ2n) is 10.2. The Bertz CT molecular complexity index is 966. The summed E-state index contributed by atoms with van der Waals surface area (Å²) in [5.41, 5.74) is 0. The normalized spacial score (nSPS) is 11.1. The standard InChI is InChI=1S/C26H50N6O10S/c1-22(33)30(38)19-9-3-6-16-27-23(34)12-14-25(36)31(39)20-10-4-7-17-28-24(35)13-15-26(37)32(40)21-11-5-8-18-29-43(2,41)42/h29,38-40H,3-21H2,1-2H3,(H,27,34)(H,28,35). The fourth-order valence-corrected chi connectivity index (χ4v) is 4.20. The molecular formula is C26H50N6O10S. The molecule has 0 aliphatic heterocycles. The number of carbonyl (C=O) groups excluding carboxylic acids is 5. The highest BCUT2D eigenvalue weighted by atomic mass is 32.2. The van der Waals surface area contributed by atoms with Gasteiger partial charge in [0.1, 0.15) is 0 Å². The number of rotatable bonds is 25. The average molecular weight is 639 g/mol. The van der Waals surface area contributed by atoms with Gasteiger partial charge in [-0.25, -0.2) is 28.3 Å². The molecule has 16 nitrogen and oxygen atoms in total. The SMILES string of the molecule is CC(=O)N(O)CCCCCNC(=O)CCC(=O)N(O)CCCCCNC(=O)CCC(=O)N(O)CCCCCNS(C)(=O)=O. The van der Waals surface area contributed by atoms with Gasteiger partial charge in [0.2, 0.25) is 39.6 Å². The van der Waals surface area contributed by atoms with Gasteiger partial charge < -0.3 is 10.6 Å². The number of carbonyl (C=O) groups is 5. The van der Waals surface area contributed by atoms with E-state index >= 15 is 0 Å². The highest BCUT2D eigenvalue weighted by Gasteiger charge is 2.14. The van der Waals surface area contributed by atoms with Gasteiger partial charge in [-0.15, -0.1) is 0 Å². The quantitative estimate of drug-likeness (QED) is 0.0461. The molecule has 0 atom stereocenters. The Morgan fingerprint density at radius 3 is 1.30 bits per heavy atom. The van der Waals surface area contributed by atoms with E-state index in [4.69, 9.17) is 0 Å². The maximum absolute atomic E-state index is 12.0. The van der Waals surface area contributed by atoms with Crippen molar-refractivity contribution in [2.75, 3.05) is 45.5 Å². The highest BCUT2D eigenvalue weighted by molar-refractivity contribution is 7.88. The molecule has 0 radical (unpaired) electrons. The number of amides is 5. The fraction of sp³-hybridized carbons (Fsp3) is 0.808. The maximum atomic E-state index is 12.0. The van der Waals surface area contributed by atoms with Crippen LogP contribution in [0.3, 0.4) is 0 Å². The van der Waals surface area contributed by atoms with E-state index in [1.54, 1.807) is 0 Å². The third-order valence-corrected chi connectivity index (χ3v) is 6.95. The molecule has 0 rings (SSSR count). The Kier molecular flexibility index (Phi) is 22.0. The lowest BCUT2D eigenvalue weighted by molar-refractivity contribution is -0.166. The molecule has 0 unspecified atom stereocenters. The van der Waals surface area contributed by atoms with E-state index in [2.05, 4.69) is 15.4 Å². The summed E-state index contributed by atoms with van der Waals surface area (Å²) < 4.78 is 24.3. The molecule has 5 amide bonds. The van der Waals surface area contributed by atoms with Gasteiger partial charge in [-0.2, -0.15) is 0 Å². The molecular weight excluding hydrogens is 588 g/mol. The van der Waals surface area contributed by atoms with Crippen LogP contribution < -0.4 is 15.4 Å². The molecule has 0 bridgehead atoms. The van der Waals surface area contributed by atoms with Crippen LogP contribution in [0.1, 0.15) is 90.4 Å². The van der Waals surface area contributed by atoms with Crippen LogP contribution in [0, 0.1) is 0 Å². The number of nitrogens with one attached hydrogen (secondary N) is 3. The van der Waals surface area contributed by atoms with Crippen LogP contribution in [0.15, 0.2) is 0 Å². The Labute approximate surface area is 254 Å². The number of hydroxylamine groups is 6. The first kappa shape index (κ1) is 40.1. The molecule has 0 saturated carbocycles. The maximum Gasteiger partial charge on any atom is 0.246 e. The van der Waals surface area contributed by atoms with Crippen molar-refractivity contribution >= 4 is 39.6 Å². The van der Waals surface area contributed by atoms with Crippen LogP contribution in [0.5, 0.6) is 0 Å². The first-order valence-corrected chi connectivity index (χ1v) is 16.6. The van der Waals surface area contributed by atoms with Crippen molar-refractivity contribution in [1.82, 2.24) is 30.5 Å². The van der Waals surface area contributed by atoms with Gasteiger partial charge in [-0.1, -0.05) is 6.42 Å². The Morgan fingerprint density at radius 2 is 0.930 bits per heavy atom. The third kappa shape index (κ3) is 24.3. The minimum absolute atomic E-state index is 0.0573. The summed E-state index contributed by atoms with van der Waals surface area (Å²) >= 11 is 0. The van der Waals surface area contributed by atoms with Gasteiger partial charge in [0, 0.05) is 71.9 Å². The number of unbranched alkanes of at least 4 members (excludes halogenated alkanes) is 6. The zero-order valence-electron chi connectivity index (χ0n) is 25.4. The smallest absolute Gasteiger partial charge is 0.246 e. The molecule has 0 spiro atoms. The van der Waals surface area contributed by atoms with Crippen molar-refractivity contribution in [2.24, 2.45) is 0 Å². The fourth-order valence-electron chi connectivity index (χ4n) is 3.69. The molecule has 0 saturated heterocycles. The summed E-state index contributed by atoms with van der Waals surface area (Å²) in [7, 11) is -3.23. The van der Waals surface area contributed by atoms with Crippen LogP contribution in [0.2, 0.25) is 0 Å². The van der Waals surface area contributed by atoms with Crippen LogP contribution in [0.4, 0.5) is 0 Å². The van der Waals surface area contributed by atoms with Crippen LogP contribution in [0.25, 0.3) is 0 Å². The lowest BCUT2D eigenvalue weighted by atomic mass is 10.2. The van der Waals surface area contributed by atoms with Gasteiger partial charge in [0.15, 0.2) is 0 Å². The average Bonchev–Trinajstić information content (AvgIpc) is 2.94. The van der Waals surface area contributed by atoms with Crippen molar-refractivity contribution in [3.8, 4) is 0 Å². The monoisotopic (exact) mass is 638 g/mol. The van der Waals surface area contributed by atoms with Gasteiger partial charge in [0.05, 0.1) is 6.26 Å². The molecule has 43 heavy (non-hydrogen) atoms. The summed E-state index contributed by atoms with van der Waals surface area (Å²) in [5, 5.41) is 36.1. The van der Waals surface area contributed by atoms with Crippen molar-refractivity contribution in [3.05, 3.63) is 0 Å². The number of sulfonamides is 1. The minimum Gasteiger partial charge on any atom is -0.356 e. The second kappa shape index (κ2) is 23.6. The largest absolute Gasteiger partial charge is 0.356 e. The van der Waals surface area contributed by atoms with E-state index in [1.165, 1.54) is 6.92 Å². The van der Waals surface area contributed by atoms with E-state index in [9.17, 15) is 48.0 Å². The lowest BCUT2D eigenvalue weighted by Gasteiger charge is -2.15. The highest BCUT2D eigenvalue weighted by Crippen LogP contribution is 2.03. The zero-order valence-corrected chi connectivity index (χ0v) is 26.2. The van der Waals surface area contributed by atoms with Crippen LogP contribution >= 0.6 is 0 Å². The van der Waals surface area contributed by atoms with Crippen molar-refractivity contribution in [1.29, 1.82) is 0 Å². The molecule has 0 fully saturated rings. The van der Waals surface area contributed by atoms with Gasteiger partial charge in [0.25, 0.3) is 0 Å². The second-order valence-corrected chi connectivity index (χ2v) is 12.1. The molecule has 0 heterocycles. The summed E-state index contributed by atoms with van der Waals surface area (Å²) in [6.07, 6.45) is 5.99. The molecule has 0 aromatic carbocycles. The molecule has 0 aromatic heterocycles. The number of hydrogen-bond acceptors (Lipinski definition) is 10. The van der Waals surface area contributed by atoms with Crippen molar-refractivity contribution in [2.45, 2.75) is 90.4 Å². The summed E-state index contributed by atoms with van der Waals surface area (Å²) in [6.45, 7) is 2.72. The molecule has 17 heteroatoms. The first-order valence-electron chi connectivity index (χ1n) is 14.7. The molecule has 6 N–H and O–H groups in total. The first-order chi connectivity index (χ1) is 20.2. The molecule has 0 aliphatic carbocycles. The summed E-state index contributed by atoms with van der Waals surface area (Å²) in [4.78, 5) is 58.6. The Balaban J connectivity index is 3.78. The summed E-state index contributed by atoms with van der Waals surface area (Å²) in [6, 6.07) is 0. The van der Waals surface area contributed by atoms with E-state index in [0.717, 1.165) is 6.26 Å². The molecule has 250 valence electrons. The van der Waals surface area contributed by atoms with Gasteiger partial charge in [-0.05, 0) is 51.4 Å². The lowest BCUT2D eigenvalue weighted by Crippen LogP contribution is -2.31. The van der Waals surface area contributed by atoms with Crippen LogP contribution in [-0.4, -0.2) is 114 Å². The van der Waals surface area contributed by atoms with E-state index in [1.807, 2.05) is 0 Å². The third-order valence-electron chi connectivity index (χ3n) is 6.22. The Morgan fingerprint density at radius 1 is 0.558 bits per heavy atom. The predicted octanol–water partition coefficient (Wildman–Crippen LogP) is 0.513. The molecule has 0 aromatic rings. The predicted molar refractivity (Wildman–Crippen MR) is 155 cm³/mol. The number of hydrogen-bond donors (Lipinski definition) is 6.